The molecule has 2 amide bonds. The predicted molar refractivity (Wildman–Crippen MR) is 92.7 cm³/mol. The monoisotopic (exact) mass is 322 g/mol. The second-order valence-corrected chi connectivity index (χ2v) is 7.58. The van der Waals surface area contributed by atoms with Crippen LogP contribution in [0.5, 0.6) is 0 Å². The molecule has 4 aliphatic rings. The lowest BCUT2D eigenvalue weighted by molar-refractivity contribution is -0.123. The molecule has 2 heterocycles. The molecular formula is C20H22N2O2. The first-order valence-electron chi connectivity index (χ1n) is 9.15. The number of allylic oxidation sites excluding steroid dienone is 2. The van der Waals surface area contributed by atoms with Gasteiger partial charge in [-0.15, -0.1) is 0 Å². The number of nitrogens with zero attached hydrogens (tertiary/aromatic N) is 2. The van der Waals surface area contributed by atoms with Crippen LogP contribution in [0.4, 0.5) is 11.4 Å². The predicted octanol–water partition coefficient (Wildman–Crippen LogP) is 2.99. The van der Waals surface area contributed by atoms with Crippen LogP contribution in [0.15, 0.2) is 36.4 Å². The first kappa shape index (κ1) is 14.3. The van der Waals surface area contributed by atoms with Crippen LogP contribution in [-0.4, -0.2) is 24.9 Å². The highest BCUT2D eigenvalue weighted by molar-refractivity contribution is 6.22. The number of carbonyl (C=O) groups excluding carboxylic acids is 2. The normalized spacial score (nSPS) is 34.3. The summed E-state index contributed by atoms with van der Waals surface area (Å²) in [5.74, 6) is 0.326. The fourth-order valence-corrected chi connectivity index (χ4v) is 5.12. The van der Waals surface area contributed by atoms with E-state index in [1.165, 1.54) is 29.8 Å². The Balaban J connectivity index is 1.41. The van der Waals surface area contributed by atoms with Gasteiger partial charge in [-0.2, -0.15) is 0 Å². The van der Waals surface area contributed by atoms with Gasteiger partial charge < -0.3 is 4.90 Å². The van der Waals surface area contributed by atoms with E-state index in [2.05, 4.69) is 29.2 Å². The van der Waals surface area contributed by atoms with E-state index in [1.54, 1.807) is 0 Å². The van der Waals surface area contributed by atoms with E-state index in [0.717, 1.165) is 25.2 Å². The van der Waals surface area contributed by atoms with Gasteiger partial charge >= 0.3 is 0 Å². The fourth-order valence-electron chi connectivity index (χ4n) is 5.12. The van der Waals surface area contributed by atoms with Gasteiger partial charge in [-0.1, -0.05) is 12.2 Å². The standard InChI is InChI=1S/C20H22N2O2/c23-19-17-13-4-5-14(12-13)18(17)20(24)22(19)16-8-6-15(7-9-16)21-10-2-1-3-11-21/h4-9,13-14,17-18H,1-3,10-12H2/t13-,14+,17-,18+. The number of hydrogen-bond acceptors (Lipinski definition) is 3. The zero-order chi connectivity index (χ0) is 16.3. The van der Waals surface area contributed by atoms with E-state index in [0.29, 0.717) is 0 Å². The summed E-state index contributed by atoms with van der Waals surface area (Å²) in [5, 5.41) is 0. The molecule has 0 unspecified atom stereocenters. The van der Waals surface area contributed by atoms with Gasteiger partial charge in [0.05, 0.1) is 17.5 Å². The summed E-state index contributed by atoms with van der Waals surface area (Å²) in [6.45, 7) is 2.19. The van der Waals surface area contributed by atoms with Gasteiger partial charge in [-0.05, 0) is 61.8 Å². The average Bonchev–Trinajstić information content (AvgIpc) is 3.30. The maximum absolute atomic E-state index is 12.8. The molecule has 2 aliphatic heterocycles. The SMILES string of the molecule is O=C1[C@@H]2[C@H](C(=O)N1c1ccc(N3CCCCC3)cc1)[C@@H]1C=C[C@H]2C1. The number of rotatable bonds is 2. The molecule has 5 rings (SSSR count). The number of carbonyl (C=O) groups is 2. The van der Waals surface area contributed by atoms with E-state index in [9.17, 15) is 9.59 Å². The Morgan fingerprint density at radius 3 is 1.88 bits per heavy atom. The lowest BCUT2D eigenvalue weighted by Gasteiger charge is -2.29. The highest BCUT2D eigenvalue weighted by Gasteiger charge is 2.59. The Morgan fingerprint density at radius 1 is 0.750 bits per heavy atom. The molecule has 1 aromatic carbocycles. The van der Waals surface area contributed by atoms with Crippen LogP contribution >= 0.6 is 0 Å². The van der Waals surface area contributed by atoms with Crippen molar-refractivity contribution in [3.05, 3.63) is 36.4 Å². The fraction of sp³-hybridized carbons (Fsp3) is 0.500. The molecule has 0 radical (unpaired) electrons. The summed E-state index contributed by atoms with van der Waals surface area (Å²) in [6, 6.07) is 8.00. The van der Waals surface area contributed by atoms with E-state index < -0.39 is 0 Å². The van der Waals surface area contributed by atoms with Gasteiger partial charge in [0.1, 0.15) is 0 Å². The summed E-state index contributed by atoms with van der Waals surface area (Å²) in [4.78, 5) is 29.5. The lowest BCUT2D eigenvalue weighted by atomic mass is 9.85. The van der Waals surface area contributed by atoms with Gasteiger partial charge in [0.2, 0.25) is 11.8 Å². The molecule has 4 nitrogen and oxygen atoms in total. The summed E-state index contributed by atoms with van der Waals surface area (Å²) < 4.78 is 0. The third-order valence-corrected chi connectivity index (χ3v) is 6.30. The molecule has 4 atom stereocenters. The third kappa shape index (κ3) is 1.92. The Labute approximate surface area is 142 Å². The first-order chi connectivity index (χ1) is 11.7. The average molecular weight is 322 g/mol. The molecule has 2 aliphatic carbocycles. The first-order valence-corrected chi connectivity index (χ1v) is 9.15. The molecule has 124 valence electrons. The summed E-state index contributed by atoms with van der Waals surface area (Å²) >= 11 is 0. The van der Waals surface area contributed by atoms with Crippen LogP contribution in [0.25, 0.3) is 0 Å². The molecule has 4 heteroatoms. The Hall–Kier alpha value is -2.10. The topological polar surface area (TPSA) is 40.6 Å². The van der Waals surface area contributed by atoms with Crippen LogP contribution in [0, 0.1) is 23.7 Å². The smallest absolute Gasteiger partial charge is 0.238 e. The largest absolute Gasteiger partial charge is 0.372 e. The molecule has 0 aromatic heterocycles. The number of benzene rings is 1. The van der Waals surface area contributed by atoms with Crippen LogP contribution < -0.4 is 9.80 Å². The van der Waals surface area contributed by atoms with Crippen molar-refractivity contribution in [3.63, 3.8) is 0 Å². The molecule has 24 heavy (non-hydrogen) atoms. The van der Waals surface area contributed by atoms with E-state index >= 15 is 0 Å². The van der Waals surface area contributed by atoms with Crippen molar-refractivity contribution in [1.29, 1.82) is 0 Å². The van der Waals surface area contributed by atoms with E-state index in [-0.39, 0.29) is 35.5 Å². The molecule has 0 N–H and O–H groups in total. The molecule has 2 bridgehead atoms. The van der Waals surface area contributed by atoms with Crippen molar-refractivity contribution in [2.45, 2.75) is 25.7 Å². The number of hydrogen-bond donors (Lipinski definition) is 0. The molecule has 1 aromatic rings. The number of amides is 2. The zero-order valence-electron chi connectivity index (χ0n) is 13.7. The number of piperidine rings is 1. The second kappa shape index (κ2) is 5.20. The molecule has 3 fully saturated rings. The van der Waals surface area contributed by atoms with Crippen molar-refractivity contribution in [3.8, 4) is 0 Å². The van der Waals surface area contributed by atoms with Gasteiger partial charge in [0, 0.05) is 18.8 Å². The highest BCUT2D eigenvalue weighted by Crippen LogP contribution is 2.53. The lowest BCUT2D eigenvalue weighted by Crippen LogP contribution is -2.33. The van der Waals surface area contributed by atoms with Crippen LogP contribution in [0.2, 0.25) is 0 Å². The van der Waals surface area contributed by atoms with Crippen molar-refractivity contribution >= 4 is 23.2 Å². The molecule has 0 spiro atoms. The number of imide groups is 1. The van der Waals surface area contributed by atoms with Gasteiger partial charge in [0.25, 0.3) is 0 Å². The van der Waals surface area contributed by atoms with Gasteiger partial charge in [-0.25, -0.2) is 0 Å². The van der Waals surface area contributed by atoms with Crippen molar-refractivity contribution in [2.75, 3.05) is 22.9 Å². The number of fused-ring (bicyclic) bond motifs is 5. The molecule has 2 saturated heterocycles. The Bertz CT molecular complexity index is 688. The minimum absolute atomic E-state index is 0.00701. The van der Waals surface area contributed by atoms with Gasteiger partial charge in [-0.3, -0.25) is 14.5 Å². The van der Waals surface area contributed by atoms with Crippen molar-refractivity contribution < 1.29 is 9.59 Å². The minimum atomic E-state index is -0.116. The van der Waals surface area contributed by atoms with Crippen molar-refractivity contribution in [2.24, 2.45) is 23.7 Å². The zero-order valence-corrected chi connectivity index (χ0v) is 13.7. The highest BCUT2D eigenvalue weighted by atomic mass is 16.2. The third-order valence-electron chi connectivity index (χ3n) is 6.30. The summed E-state index contributed by atoms with van der Waals surface area (Å²) in [6.07, 6.45) is 9.05. The minimum Gasteiger partial charge on any atom is -0.372 e. The summed E-state index contributed by atoms with van der Waals surface area (Å²) in [5.41, 5.74) is 1.93. The van der Waals surface area contributed by atoms with Crippen LogP contribution in [0.3, 0.4) is 0 Å². The van der Waals surface area contributed by atoms with Crippen LogP contribution in [0.1, 0.15) is 25.7 Å². The van der Waals surface area contributed by atoms with Crippen LogP contribution in [-0.2, 0) is 9.59 Å². The van der Waals surface area contributed by atoms with E-state index in [4.69, 9.17) is 0 Å². The molecule has 1 saturated carbocycles. The quantitative estimate of drug-likeness (QED) is 0.621. The number of anilines is 2. The second-order valence-electron chi connectivity index (χ2n) is 7.58. The van der Waals surface area contributed by atoms with Gasteiger partial charge in [0.15, 0.2) is 0 Å². The molecular weight excluding hydrogens is 300 g/mol. The summed E-state index contributed by atoms with van der Waals surface area (Å²) in [7, 11) is 0. The Kier molecular flexibility index (Phi) is 3.09. The maximum Gasteiger partial charge on any atom is 0.238 e. The van der Waals surface area contributed by atoms with Crippen molar-refractivity contribution in [1.82, 2.24) is 0 Å². The maximum atomic E-state index is 12.8. The van der Waals surface area contributed by atoms with E-state index in [1.807, 2.05) is 12.1 Å². The Morgan fingerprint density at radius 2 is 1.29 bits per heavy atom.